The van der Waals surface area contributed by atoms with Gasteiger partial charge in [-0.05, 0) is 27.9 Å². The summed E-state index contributed by atoms with van der Waals surface area (Å²) in [7, 11) is 4.13. The van der Waals surface area contributed by atoms with Gasteiger partial charge in [0, 0.05) is 22.9 Å². The number of fused-ring (bicyclic) bond motifs is 1. The van der Waals surface area contributed by atoms with Crippen LogP contribution < -0.4 is 5.32 Å². The Kier molecular flexibility index (Phi) is 3.92. The Bertz CT molecular complexity index is 581. The van der Waals surface area contributed by atoms with Crippen molar-refractivity contribution in [3.8, 4) is 0 Å². The maximum absolute atomic E-state index is 6.06. The number of likely N-dealkylation sites (N-methyl/N-ethyl adjacent to an activating group) is 1. The summed E-state index contributed by atoms with van der Waals surface area (Å²) < 4.78 is 0. The summed E-state index contributed by atoms with van der Waals surface area (Å²) in [5, 5.41) is 13.9. The molecule has 5 heteroatoms. The first kappa shape index (κ1) is 14.0. The van der Waals surface area contributed by atoms with Crippen LogP contribution in [-0.4, -0.2) is 41.3 Å². The average Bonchev–Trinajstić information content (AvgIpc) is 2.38. The first-order valence-corrected chi connectivity index (χ1v) is 6.62. The van der Waals surface area contributed by atoms with Gasteiger partial charge in [-0.1, -0.05) is 35.9 Å². The first-order valence-electron chi connectivity index (χ1n) is 6.24. The molecule has 0 spiro atoms. The molecular formula is C14H19ClN4. The molecule has 2 aromatic rings. The molecule has 1 heterocycles. The van der Waals surface area contributed by atoms with Gasteiger partial charge in [0.2, 0.25) is 0 Å². The zero-order chi connectivity index (χ0) is 14.0. The second-order valence-corrected chi connectivity index (χ2v) is 5.80. The number of nitrogens with zero attached hydrogens (tertiary/aromatic N) is 3. The minimum atomic E-state index is 0.0302. The molecule has 0 aliphatic carbocycles. The van der Waals surface area contributed by atoms with E-state index in [0.717, 1.165) is 23.1 Å². The zero-order valence-electron chi connectivity index (χ0n) is 11.7. The maximum Gasteiger partial charge on any atom is 0.159 e. The van der Waals surface area contributed by atoms with Gasteiger partial charge in [-0.2, -0.15) is 0 Å². The Balaban J connectivity index is 2.29. The predicted molar refractivity (Wildman–Crippen MR) is 80.8 cm³/mol. The van der Waals surface area contributed by atoms with E-state index in [-0.39, 0.29) is 5.54 Å². The van der Waals surface area contributed by atoms with Crippen molar-refractivity contribution in [1.29, 1.82) is 0 Å². The number of hydrogen-bond acceptors (Lipinski definition) is 4. The summed E-state index contributed by atoms with van der Waals surface area (Å²) in [4.78, 5) is 2.17. The Morgan fingerprint density at radius 2 is 1.79 bits per heavy atom. The van der Waals surface area contributed by atoms with Crippen LogP contribution in [0, 0.1) is 0 Å². The van der Waals surface area contributed by atoms with Crippen molar-refractivity contribution < 1.29 is 0 Å². The van der Waals surface area contributed by atoms with Crippen molar-refractivity contribution in [3.63, 3.8) is 0 Å². The smallest absolute Gasteiger partial charge is 0.159 e. The highest BCUT2D eigenvalue weighted by Crippen LogP contribution is 2.26. The SMILES string of the molecule is CN(C)C(C)(C)CNc1nnc(Cl)c2ccccc12. The van der Waals surface area contributed by atoms with Gasteiger partial charge in [0.05, 0.1) is 0 Å². The molecule has 1 N–H and O–H groups in total. The predicted octanol–water partition coefficient (Wildman–Crippen LogP) is 3.04. The van der Waals surface area contributed by atoms with Crippen LogP contribution in [0.1, 0.15) is 13.8 Å². The third-order valence-corrected chi connectivity index (χ3v) is 3.82. The van der Waals surface area contributed by atoms with Crippen LogP contribution >= 0.6 is 11.6 Å². The van der Waals surface area contributed by atoms with Gasteiger partial charge in [-0.25, -0.2) is 0 Å². The molecule has 19 heavy (non-hydrogen) atoms. The molecule has 0 aliphatic rings. The van der Waals surface area contributed by atoms with Gasteiger partial charge in [-0.15, -0.1) is 10.2 Å². The van der Waals surface area contributed by atoms with E-state index in [9.17, 15) is 0 Å². The number of hydrogen-bond donors (Lipinski definition) is 1. The summed E-state index contributed by atoms with van der Waals surface area (Å²) in [6, 6.07) is 7.88. The fourth-order valence-corrected chi connectivity index (χ4v) is 1.86. The Morgan fingerprint density at radius 3 is 2.42 bits per heavy atom. The van der Waals surface area contributed by atoms with Crippen LogP contribution in [0.25, 0.3) is 10.8 Å². The minimum absolute atomic E-state index is 0.0302. The largest absolute Gasteiger partial charge is 0.366 e. The van der Waals surface area contributed by atoms with E-state index in [0.29, 0.717) is 5.15 Å². The van der Waals surface area contributed by atoms with Gasteiger partial charge in [0.1, 0.15) is 0 Å². The molecule has 0 amide bonds. The van der Waals surface area contributed by atoms with E-state index in [1.165, 1.54) is 0 Å². The molecule has 0 fully saturated rings. The molecule has 0 aliphatic heterocycles. The van der Waals surface area contributed by atoms with E-state index in [1.807, 2.05) is 24.3 Å². The van der Waals surface area contributed by atoms with Crippen LogP contribution in [-0.2, 0) is 0 Å². The second kappa shape index (κ2) is 5.31. The van der Waals surface area contributed by atoms with Crippen molar-refractivity contribution in [3.05, 3.63) is 29.4 Å². The Labute approximate surface area is 118 Å². The number of aromatic nitrogens is 2. The maximum atomic E-state index is 6.06. The number of benzene rings is 1. The Hall–Kier alpha value is -1.39. The van der Waals surface area contributed by atoms with Crippen LogP contribution in [0.5, 0.6) is 0 Å². The lowest BCUT2D eigenvalue weighted by atomic mass is 10.0. The Morgan fingerprint density at radius 1 is 1.16 bits per heavy atom. The molecule has 1 aromatic heterocycles. The van der Waals surface area contributed by atoms with Gasteiger partial charge >= 0.3 is 0 Å². The van der Waals surface area contributed by atoms with Crippen LogP contribution in [0.4, 0.5) is 5.82 Å². The lowest BCUT2D eigenvalue weighted by molar-refractivity contribution is 0.210. The van der Waals surface area contributed by atoms with Crippen molar-refractivity contribution in [1.82, 2.24) is 15.1 Å². The number of rotatable bonds is 4. The highest BCUT2D eigenvalue weighted by Gasteiger charge is 2.20. The standard InChI is InChI=1S/C14H19ClN4/c1-14(2,19(3)4)9-16-13-11-8-6-5-7-10(11)12(15)17-18-13/h5-8H,9H2,1-4H3,(H,16,18). The zero-order valence-corrected chi connectivity index (χ0v) is 12.5. The van der Waals surface area contributed by atoms with Gasteiger partial charge in [0.15, 0.2) is 11.0 Å². The topological polar surface area (TPSA) is 41.0 Å². The first-order chi connectivity index (χ1) is 8.92. The molecule has 0 bridgehead atoms. The molecule has 102 valence electrons. The molecule has 0 unspecified atom stereocenters. The summed E-state index contributed by atoms with van der Waals surface area (Å²) in [6.07, 6.45) is 0. The van der Waals surface area contributed by atoms with Crippen molar-refractivity contribution >= 4 is 28.2 Å². The van der Waals surface area contributed by atoms with Crippen molar-refractivity contribution in [2.45, 2.75) is 19.4 Å². The summed E-state index contributed by atoms with van der Waals surface area (Å²) >= 11 is 6.06. The molecule has 1 aromatic carbocycles. The normalized spacial score (nSPS) is 12.1. The lowest BCUT2D eigenvalue weighted by Crippen LogP contribution is -2.44. The highest BCUT2D eigenvalue weighted by atomic mass is 35.5. The number of halogens is 1. The lowest BCUT2D eigenvalue weighted by Gasteiger charge is -2.32. The van der Waals surface area contributed by atoms with E-state index in [4.69, 9.17) is 11.6 Å². The average molecular weight is 279 g/mol. The monoisotopic (exact) mass is 278 g/mol. The summed E-state index contributed by atoms with van der Waals surface area (Å²) in [6.45, 7) is 5.12. The third kappa shape index (κ3) is 2.96. The van der Waals surface area contributed by atoms with Crippen LogP contribution in [0.3, 0.4) is 0 Å². The van der Waals surface area contributed by atoms with Gasteiger partial charge in [0.25, 0.3) is 0 Å². The van der Waals surface area contributed by atoms with E-state index >= 15 is 0 Å². The molecule has 0 saturated carbocycles. The summed E-state index contributed by atoms with van der Waals surface area (Å²) in [5.74, 6) is 0.773. The van der Waals surface area contributed by atoms with Crippen LogP contribution in [0.2, 0.25) is 5.15 Å². The molecule has 0 radical (unpaired) electrons. The van der Waals surface area contributed by atoms with Gasteiger partial charge in [-0.3, -0.25) is 0 Å². The van der Waals surface area contributed by atoms with Crippen molar-refractivity contribution in [2.24, 2.45) is 0 Å². The molecule has 4 nitrogen and oxygen atoms in total. The fourth-order valence-electron chi connectivity index (χ4n) is 1.66. The van der Waals surface area contributed by atoms with E-state index < -0.39 is 0 Å². The molecule has 0 saturated heterocycles. The number of nitrogens with one attached hydrogen (secondary N) is 1. The van der Waals surface area contributed by atoms with E-state index in [2.05, 4.69) is 48.4 Å². The van der Waals surface area contributed by atoms with Crippen LogP contribution in [0.15, 0.2) is 24.3 Å². The fraction of sp³-hybridized carbons (Fsp3) is 0.429. The molecular weight excluding hydrogens is 260 g/mol. The highest BCUT2D eigenvalue weighted by molar-refractivity contribution is 6.34. The van der Waals surface area contributed by atoms with Crippen molar-refractivity contribution in [2.75, 3.05) is 26.0 Å². The second-order valence-electron chi connectivity index (χ2n) is 5.45. The third-order valence-electron chi connectivity index (χ3n) is 3.54. The quantitative estimate of drug-likeness (QED) is 0.933. The minimum Gasteiger partial charge on any atom is -0.366 e. The molecule has 2 rings (SSSR count). The molecule has 0 atom stereocenters. The van der Waals surface area contributed by atoms with E-state index in [1.54, 1.807) is 0 Å². The number of anilines is 1. The van der Waals surface area contributed by atoms with Gasteiger partial charge < -0.3 is 10.2 Å². The summed E-state index contributed by atoms with van der Waals surface area (Å²) in [5.41, 5.74) is 0.0302.